The maximum absolute atomic E-state index is 12.2. The van der Waals surface area contributed by atoms with Gasteiger partial charge in [0.25, 0.3) is 5.91 Å². The van der Waals surface area contributed by atoms with Crippen molar-refractivity contribution in [2.24, 2.45) is 5.92 Å². The predicted molar refractivity (Wildman–Crippen MR) is 98.3 cm³/mol. The lowest BCUT2D eigenvalue weighted by molar-refractivity contribution is 0.0953. The Kier molecular flexibility index (Phi) is 5.82. The van der Waals surface area contributed by atoms with Gasteiger partial charge in [-0.2, -0.15) is 0 Å². The molecule has 5 nitrogen and oxygen atoms in total. The van der Waals surface area contributed by atoms with Gasteiger partial charge in [0, 0.05) is 17.5 Å². The van der Waals surface area contributed by atoms with Crippen LogP contribution in [0.5, 0.6) is 0 Å². The number of nitrogen functional groups attached to an aromatic ring is 1. The molecule has 128 valence electrons. The van der Waals surface area contributed by atoms with E-state index < -0.39 is 0 Å². The van der Waals surface area contributed by atoms with Crippen LogP contribution >= 0.6 is 11.3 Å². The average molecular weight is 344 g/mol. The fourth-order valence-corrected chi connectivity index (χ4v) is 3.62. The van der Waals surface area contributed by atoms with E-state index in [1.54, 1.807) is 0 Å². The zero-order valence-corrected chi connectivity index (χ0v) is 14.6. The van der Waals surface area contributed by atoms with Crippen molar-refractivity contribution in [3.8, 4) is 0 Å². The van der Waals surface area contributed by atoms with Crippen molar-refractivity contribution in [3.05, 3.63) is 46.5 Å². The average Bonchev–Trinajstić information content (AvgIpc) is 3.24. The van der Waals surface area contributed by atoms with Crippen LogP contribution in [-0.2, 0) is 12.8 Å². The minimum absolute atomic E-state index is 0.0122. The second-order valence-electron chi connectivity index (χ2n) is 6.30. The first-order chi connectivity index (χ1) is 11.7. The smallest absolute Gasteiger partial charge is 0.251 e. The molecular weight excluding hydrogens is 320 g/mol. The van der Waals surface area contributed by atoms with E-state index in [-0.39, 0.29) is 5.91 Å². The summed E-state index contributed by atoms with van der Waals surface area (Å²) in [5.41, 5.74) is 8.63. The van der Waals surface area contributed by atoms with Gasteiger partial charge in [-0.15, -0.1) is 11.3 Å². The Morgan fingerprint density at radius 1 is 1.38 bits per heavy atom. The van der Waals surface area contributed by atoms with Crippen LogP contribution in [0.2, 0.25) is 0 Å². The van der Waals surface area contributed by atoms with E-state index in [0.29, 0.717) is 11.7 Å². The van der Waals surface area contributed by atoms with Crippen LogP contribution < -0.4 is 16.4 Å². The molecule has 2 heterocycles. The van der Waals surface area contributed by atoms with E-state index in [9.17, 15) is 4.79 Å². The maximum atomic E-state index is 12.2. The van der Waals surface area contributed by atoms with Crippen molar-refractivity contribution in [1.29, 1.82) is 0 Å². The highest BCUT2D eigenvalue weighted by atomic mass is 32.1. The highest BCUT2D eigenvalue weighted by Gasteiger charge is 2.15. The minimum Gasteiger partial charge on any atom is -0.375 e. The van der Waals surface area contributed by atoms with Crippen LogP contribution in [0.1, 0.15) is 34.5 Å². The lowest BCUT2D eigenvalue weighted by atomic mass is 9.98. The molecule has 24 heavy (non-hydrogen) atoms. The molecule has 4 N–H and O–H groups in total. The molecule has 0 radical (unpaired) electrons. The van der Waals surface area contributed by atoms with Gasteiger partial charge in [0.15, 0.2) is 5.13 Å². The van der Waals surface area contributed by atoms with Crippen molar-refractivity contribution in [2.75, 3.05) is 25.4 Å². The number of aryl methyl sites for hydroxylation is 1. The van der Waals surface area contributed by atoms with E-state index in [1.807, 2.05) is 17.5 Å². The topological polar surface area (TPSA) is 80.0 Å². The van der Waals surface area contributed by atoms with Crippen molar-refractivity contribution < 1.29 is 4.79 Å². The van der Waals surface area contributed by atoms with Crippen LogP contribution in [0.4, 0.5) is 5.13 Å². The Morgan fingerprint density at radius 2 is 2.21 bits per heavy atom. The van der Waals surface area contributed by atoms with Gasteiger partial charge in [0.1, 0.15) is 0 Å². The van der Waals surface area contributed by atoms with Crippen molar-refractivity contribution in [2.45, 2.75) is 25.7 Å². The number of anilines is 1. The summed E-state index contributed by atoms with van der Waals surface area (Å²) >= 11 is 1.45. The number of carbonyl (C=O) groups excluding carboxylic acids is 1. The molecule has 2 aromatic rings. The van der Waals surface area contributed by atoms with Gasteiger partial charge in [0.2, 0.25) is 0 Å². The second kappa shape index (κ2) is 8.26. The Labute approximate surface area is 146 Å². The number of nitrogens with two attached hydrogens (primary N) is 1. The summed E-state index contributed by atoms with van der Waals surface area (Å²) in [5, 5.41) is 8.92. The number of hydrogen-bond acceptors (Lipinski definition) is 5. The highest BCUT2D eigenvalue weighted by Crippen LogP contribution is 2.16. The standard InChI is InChI=1S/C18H24N4OS/c19-18-22-16(12-24-18)2-1-8-21-17(23)15-5-3-13(4-6-15)10-14-7-9-20-11-14/h3-6,12,14,20H,1-2,7-11H2,(H2,19,22)(H,21,23). The molecule has 1 aromatic carbocycles. The Hall–Kier alpha value is -1.92. The van der Waals surface area contributed by atoms with E-state index in [4.69, 9.17) is 5.73 Å². The Balaban J connectivity index is 1.41. The number of hydrogen-bond donors (Lipinski definition) is 3. The summed E-state index contributed by atoms with van der Waals surface area (Å²) in [7, 11) is 0. The van der Waals surface area contributed by atoms with Gasteiger partial charge < -0.3 is 16.4 Å². The highest BCUT2D eigenvalue weighted by molar-refractivity contribution is 7.13. The molecule has 1 aliphatic heterocycles. The number of carbonyl (C=O) groups is 1. The molecule has 6 heteroatoms. The SMILES string of the molecule is Nc1nc(CCCNC(=O)c2ccc(CC3CCNC3)cc2)cs1. The molecule has 0 saturated carbocycles. The third-order valence-corrected chi connectivity index (χ3v) is 5.09. The molecule has 1 fully saturated rings. The summed E-state index contributed by atoms with van der Waals surface area (Å²) in [6, 6.07) is 8.00. The number of rotatable bonds is 7. The Bertz CT molecular complexity index is 662. The van der Waals surface area contributed by atoms with Gasteiger partial charge in [0.05, 0.1) is 5.69 Å². The van der Waals surface area contributed by atoms with Crippen LogP contribution in [-0.4, -0.2) is 30.5 Å². The van der Waals surface area contributed by atoms with Crippen molar-refractivity contribution in [3.63, 3.8) is 0 Å². The molecule has 0 bridgehead atoms. The molecular formula is C18H24N4OS. The zero-order chi connectivity index (χ0) is 16.8. The van der Waals surface area contributed by atoms with Gasteiger partial charge in [-0.25, -0.2) is 4.98 Å². The first-order valence-corrected chi connectivity index (χ1v) is 9.36. The molecule has 0 aliphatic carbocycles. The van der Waals surface area contributed by atoms with Gasteiger partial charge in [-0.05, 0) is 62.4 Å². The molecule has 1 unspecified atom stereocenters. The lowest BCUT2D eigenvalue weighted by Crippen LogP contribution is -2.24. The number of nitrogens with zero attached hydrogens (tertiary/aromatic N) is 1. The molecule has 1 aromatic heterocycles. The van der Waals surface area contributed by atoms with Gasteiger partial charge >= 0.3 is 0 Å². The fraction of sp³-hybridized carbons (Fsp3) is 0.444. The van der Waals surface area contributed by atoms with Crippen LogP contribution in [0, 0.1) is 5.92 Å². The first-order valence-electron chi connectivity index (χ1n) is 8.48. The van der Waals surface area contributed by atoms with Gasteiger partial charge in [-0.3, -0.25) is 4.79 Å². The quantitative estimate of drug-likeness (QED) is 0.673. The van der Waals surface area contributed by atoms with Crippen molar-refractivity contribution in [1.82, 2.24) is 15.6 Å². The molecule has 1 saturated heterocycles. The van der Waals surface area contributed by atoms with Crippen LogP contribution in [0.15, 0.2) is 29.6 Å². The molecule has 3 rings (SSSR count). The van der Waals surface area contributed by atoms with Gasteiger partial charge in [-0.1, -0.05) is 12.1 Å². The fourth-order valence-electron chi connectivity index (χ4n) is 3.03. The molecule has 1 aliphatic rings. The molecule has 1 atom stereocenters. The number of nitrogens with one attached hydrogen (secondary N) is 2. The maximum Gasteiger partial charge on any atom is 0.251 e. The van der Waals surface area contributed by atoms with Crippen molar-refractivity contribution >= 4 is 22.4 Å². The largest absolute Gasteiger partial charge is 0.375 e. The summed E-state index contributed by atoms with van der Waals surface area (Å²) in [4.78, 5) is 16.4. The first kappa shape index (κ1) is 16.9. The van der Waals surface area contributed by atoms with E-state index in [2.05, 4.69) is 27.8 Å². The monoisotopic (exact) mass is 344 g/mol. The second-order valence-corrected chi connectivity index (χ2v) is 7.19. The summed E-state index contributed by atoms with van der Waals surface area (Å²) in [6.07, 6.45) is 4.03. The lowest BCUT2D eigenvalue weighted by Gasteiger charge is -2.09. The Morgan fingerprint density at radius 3 is 2.88 bits per heavy atom. The van der Waals surface area contributed by atoms with E-state index in [0.717, 1.165) is 49.5 Å². The number of thiazole rings is 1. The predicted octanol–water partition coefficient (Wildman–Crippen LogP) is 2.24. The number of benzene rings is 1. The van der Waals surface area contributed by atoms with E-state index >= 15 is 0 Å². The summed E-state index contributed by atoms with van der Waals surface area (Å²) in [5.74, 6) is 0.714. The third-order valence-electron chi connectivity index (χ3n) is 4.37. The zero-order valence-electron chi connectivity index (χ0n) is 13.8. The number of aromatic nitrogens is 1. The molecule has 1 amide bonds. The van der Waals surface area contributed by atoms with Crippen LogP contribution in [0.25, 0.3) is 0 Å². The van der Waals surface area contributed by atoms with E-state index in [1.165, 1.54) is 23.3 Å². The minimum atomic E-state index is -0.0122. The van der Waals surface area contributed by atoms with Crippen LogP contribution in [0.3, 0.4) is 0 Å². The number of amides is 1. The molecule has 0 spiro atoms. The third kappa shape index (κ3) is 4.79. The summed E-state index contributed by atoms with van der Waals surface area (Å²) in [6.45, 7) is 2.87. The normalized spacial score (nSPS) is 17.1. The summed E-state index contributed by atoms with van der Waals surface area (Å²) < 4.78 is 0.